The third-order valence-corrected chi connectivity index (χ3v) is 5.29. The van der Waals surface area contributed by atoms with E-state index in [1.165, 1.54) is 16.7 Å². The first-order valence-electron chi connectivity index (χ1n) is 7.19. The highest BCUT2D eigenvalue weighted by Crippen LogP contribution is 2.35. The number of hydrogen-bond acceptors (Lipinski definition) is 1. The minimum absolute atomic E-state index is 0.0405. The van der Waals surface area contributed by atoms with E-state index in [1.54, 1.807) is 0 Å². The molecule has 0 fully saturated rings. The number of carbonyl (C=O) groups excluding carboxylic acids is 1. The zero-order valence-electron chi connectivity index (χ0n) is 12.2. The van der Waals surface area contributed by atoms with Crippen molar-refractivity contribution in [2.45, 2.75) is 25.1 Å². The van der Waals surface area contributed by atoms with Crippen molar-refractivity contribution in [3.63, 3.8) is 0 Å². The molecule has 0 bridgehead atoms. The summed E-state index contributed by atoms with van der Waals surface area (Å²) in [6, 6.07) is 12.6. The van der Waals surface area contributed by atoms with Gasteiger partial charge in [0, 0.05) is 12.1 Å². The molecular weight excluding hydrogens is 326 g/mol. The summed E-state index contributed by atoms with van der Waals surface area (Å²) >= 11 is 3.80. The van der Waals surface area contributed by atoms with Gasteiger partial charge in [-0.2, -0.15) is 0 Å². The molecule has 0 saturated carbocycles. The average molecular weight is 344 g/mol. The van der Waals surface area contributed by atoms with Crippen molar-refractivity contribution in [2.75, 3.05) is 6.54 Å². The van der Waals surface area contributed by atoms with Crippen molar-refractivity contribution in [1.82, 2.24) is 5.32 Å². The summed E-state index contributed by atoms with van der Waals surface area (Å²) in [4.78, 5) is 12.1. The van der Waals surface area contributed by atoms with E-state index in [0.717, 1.165) is 29.7 Å². The van der Waals surface area contributed by atoms with Crippen LogP contribution in [0.5, 0.6) is 0 Å². The number of alkyl halides is 1. The molecule has 21 heavy (non-hydrogen) atoms. The molecule has 1 amide bonds. The van der Waals surface area contributed by atoms with Gasteiger partial charge in [-0.1, -0.05) is 46.3 Å². The van der Waals surface area contributed by atoms with E-state index in [9.17, 15) is 4.79 Å². The van der Waals surface area contributed by atoms with Gasteiger partial charge < -0.3 is 5.32 Å². The topological polar surface area (TPSA) is 29.1 Å². The van der Waals surface area contributed by atoms with Crippen LogP contribution in [-0.4, -0.2) is 12.5 Å². The molecule has 3 heteroatoms. The number of fused-ring (bicyclic) bond motifs is 1. The maximum atomic E-state index is 12.0. The van der Waals surface area contributed by atoms with Crippen LogP contribution in [0.4, 0.5) is 0 Å². The predicted molar refractivity (Wildman–Crippen MR) is 89.2 cm³/mol. The van der Waals surface area contributed by atoms with E-state index < -0.39 is 0 Å². The maximum absolute atomic E-state index is 12.0. The first kappa shape index (κ1) is 14.3. The van der Waals surface area contributed by atoms with Gasteiger partial charge in [-0.25, -0.2) is 0 Å². The molecule has 1 aliphatic heterocycles. The lowest BCUT2D eigenvalue weighted by atomic mass is 9.93. The van der Waals surface area contributed by atoms with Crippen LogP contribution in [0.15, 0.2) is 36.4 Å². The Morgan fingerprint density at radius 1 is 1.19 bits per heavy atom. The Labute approximate surface area is 133 Å². The monoisotopic (exact) mass is 343 g/mol. The SMILES string of the molecule is Cc1cccc(C(Br)c2ccc3c(c2)C(=O)NCC3)c1C. The highest BCUT2D eigenvalue weighted by atomic mass is 79.9. The molecule has 1 heterocycles. The highest BCUT2D eigenvalue weighted by Gasteiger charge is 2.20. The molecular formula is C18H18BrNO. The summed E-state index contributed by atoms with van der Waals surface area (Å²) in [5, 5.41) is 2.91. The lowest BCUT2D eigenvalue weighted by molar-refractivity contribution is 0.0946. The second-order valence-corrected chi connectivity index (χ2v) is 6.49. The van der Waals surface area contributed by atoms with Gasteiger partial charge in [-0.3, -0.25) is 4.79 Å². The lowest BCUT2D eigenvalue weighted by Gasteiger charge is -2.20. The van der Waals surface area contributed by atoms with Gasteiger partial charge in [0.2, 0.25) is 0 Å². The molecule has 2 nitrogen and oxygen atoms in total. The average Bonchev–Trinajstić information content (AvgIpc) is 2.49. The van der Waals surface area contributed by atoms with Crippen molar-refractivity contribution in [3.05, 3.63) is 69.8 Å². The summed E-state index contributed by atoms with van der Waals surface area (Å²) in [6.45, 7) is 5.00. The van der Waals surface area contributed by atoms with Crippen LogP contribution >= 0.6 is 15.9 Å². The van der Waals surface area contributed by atoms with E-state index in [0.29, 0.717) is 0 Å². The molecule has 1 unspecified atom stereocenters. The second-order valence-electron chi connectivity index (χ2n) is 5.57. The zero-order valence-corrected chi connectivity index (χ0v) is 13.8. The number of hydrogen-bond donors (Lipinski definition) is 1. The molecule has 0 radical (unpaired) electrons. The summed E-state index contributed by atoms with van der Waals surface area (Å²) in [7, 11) is 0. The van der Waals surface area contributed by atoms with Crippen molar-refractivity contribution in [2.24, 2.45) is 0 Å². The number of carbonyl (C=O) groups is 1. The smallest absolute Gasteiger partial charge is 0.251 e. The molecule has 0 aromatic heterocycles. The summed E-state index contributed by atoms with van der Waals surface area (Å²) in [6.07, 6.45) is 0.914. The van der Waals surface area contributed by atoms with Gasteiger partial charge in [-0.15, -0.1) is 0 Å². The third-order valence-electron chi connectivity index (χ3n) is 4.27. The van der Waals surface area contributed by atoms with Gasteiger partial charge in [0.05, 0.1) is 4.83 Å². The van der Waals surface area contributed by atoms with Gasteiger partial charge in [0.15, 0.2) is 0 Å². The van der Waals surface area contributed by atoms with Crippen LogP contribution in [0.25, 0.3) is 0 Å². The largest absolute Gasteiger partial charge is 0.352 e. The molecule has 3 rings (SSSR count). The third kappa shape index (κ3) is 2.62. The second kappa shape index (κ2) is 5.64. The van der Waals surface area contributed by atoms with Crippen molar-refractivity contribution in [1.29, 1.82) is 0 Å². The Kier molecular flexibility index (Phi) is 3.85. The van der Waals surface area contributed by atoms with Crippen LogP contribution in [0, 0.1) is 13.8 Å². The number of rotatable bonds is 2. The van der Waals surface area contributed by atoms with Crippen LogP contribution in [0.3, 0.4) is 0 Å². The van der Waals surface area contributed by atoms with Gasteiger partial charge in [0.1, 0.15) is 0 Å². The Hall–Kier alpha value is -1.61. The first-order valence-corrected chi connectivity index (χ1v) is 8.10. The number of benzene rings is 2. The summed E-state index contributed by atoms with van der Waals surface area (Å²) in [5.41, 5.74) is 6.91. The minimum Gasteiger partial charge on any atom is -0.352 e. The molecule has 0 saturated heterocycles. The zero-order chi connectivity index (χ0) is 15.0. The van der Waals surface area contributed by atoms with Gasteiger partial charge >= 0.3 is 0 Å². The van der Waals surface area contributed by atoms with Crippen molar-refractivity contribution >= 4 is 21.8 Å². The van der Waals surface area contributed by atoms with Gasteiger partial charge in [0.25, 0.3) is 5.91 Å². The molecule has 0 aliphatic carbocycles. The minimum atomic E-state index is 0.0405. The van der Waals surface area contributed by atoms with Crippen LogP contribution in [-0.2, 0) is 6.42 Å². The van der Waals surface area contributed by atoms with E-state index in [1.807, 2.05) is 6.07 Å². The molecule has 2 aromatic rings. The lowest BCUT2D eigenvalue weighted by Crippen LogP contribution is -2.31. The Morgan fingerprint density at radius 2 is 2.00 bits per heavy atom. The summed E-state index contributed by atoms with van der Waals surface area (Å²) in [5.74, 6) is 0.0405. The molecule has 0 spiro atoms. The van der Waals surface area contributed by atoms with E-state index >= 15 is 0 Å². The number of amides is 1. The number of halogens is 1. The Bertz CT molecular complexity index is 708. The van der Waals surface area contributed by atoms with Crippen molar-refractivity contribution in [3.8, 4) is 0 Å². The summed E-state index contributed by atoms with van der Waals surface area (Å²) < 4.78 is 0. The molecule has 1 aliphatic rings. The Balaban J connectivity index is 2.02. The van der Waals surface area contributed by atoms with Crippen LogP contribution in [0.1, 0.15) is 43.0 Å². The van der Waals surface area contributed by atoms with Crippen LogP contribution in [0.2, 0.25) is 0 Å². The molecule has 108 valence electrons. The fraction of sp³-hybridized carbons (Fsp3) is 0.278. The van der Waals surface area contributed by atoms with Crippen LogP contribution < -0.4 is 5.32 Å². The molecule has 2 aromatic carbocycles. The molecule has 1 atom stereocenters. The highest BCUT2D eigenvalue weighted by molar-refractivity contribution is 9.09. The first-order chi connectivity index (χ1) is 10.1. The van der Waals surface area contributed by atoms with Gasteiger partial charge in [-0.05, 0) is 54.2 Å². The number of nitrogens with one attached hydrogen (secondary N) is 1. The molecule has 1 N–H and O–H groups in total. The fourth-order valence-electron chi connectivity index (χ4n) is 2.81. The Morgan fingerprint density at radius 3 is 2.81 bits per heavy atom. The van der Waals surface area contributed by atoms with E-state index in [4.69, 9.17) is 0 Å². The van der Waals surface area contributed by atoms with Crippen molar-refractivity contribution < 1.29 is 4.79 Å². The van der Waals surface area contributed by atoms with E-state index in [2.05, 4.69) is 65.4 Å². The fourth-order valence-corrected chi connectivity index (χ4v) is 3.60. The standard InChI is InChI=1S/C18H18BrNO/c1-11-4-3-5-15(12(11)2)17(19)14-7-6-13-8-9-20-18(21)16(13)10-14/h3-7,10,17H,8-9H2,1-2H3,(H,20,21). The quantitative estimate of drug-likeness (QED) is 0.818. The van der Waals surface area contributed by atoms with E-state index in [-0.39, 0.29) is 10.7 Å². The number of aryl methyl sites for hydroxylation is 1. The predicted octanol–water partition coefficient (Wildman–Crippen LogP) is 4.07. The maximum Gasteiger partial charge on any atom is 0.251 e. The normalized spacial score (nSPS) is 15.3.